The summed E-state index contributed by atoms with van der Waals surface area (Å²) in [5, 5.41) is 11.1. The van der Waals surface area contributed by atoms with Crippen LogP contribution in [0.1, 0.15) is 20.8 Å². The van der Waals surface area contributed by atoms with Gasteiger partial charge in [-0.3, -0.25) is 0 Å². The van der Waals surface area contributed by atoms with Gasteiger partial charge >= 0.3 is 0 Å². The largest absolute Gasteiger partial charge is 0.550 e. The van der Waals surface area contributed by atoms with Gasteiger partial charge in [-0.15, -0.1) is 0 Å². The van der Waals surface area contributed by atoms with Gasteiger partial charge in [0.25, 0.3) is 0 Å². The minimum absolute atomic E-state index is 0.843. The van der Waals surface area contributed by atoms with Crippen molar-refractivity contribution in [1.82, 2.24) is 0 Å². The second-order valence-corrected chi connectivity index (χ2v) is 2.53. The van der Waals surface area contributed by atoms with Gasteiger partial charge in [0.05, 0.1) is 13.6 Å². The number of hydrogen-bond donors (Lipinski definition) is 1. The van der Waals surface area contributed by atoms with Crippen molar-refractivity contribution in [2.75, 3.05) is 13.6 Å². The number of nitrogens with two attached hydrogens (primary N) is 1. The summed E-state index contributed by atoms with van der Waals surface area (Å²) in [5.41, 5.74) is 0. The van der Waals surface area contributed by atoms with Gasteiger partial charge in [-0.1, -0.05) is 13.8 Å². The molecule has 0 fully saturated rings. The number of quaternary nitrogens is 1. The van der Waals surface area contributed by atoms with Gasteiger partial charge in [0, 0.05) is 11.9 Å². The van der Waals surface area contributed by atoms with Crippen LogP contribution in [0.4, 0.5) is 0 Å². The van der Waals surface area contributed by atoms with Crippen LogP contribution in [0, 0.1) is 5.92 Å². The standard InChI is InChI=1S/C5H13N.C2H4O2/c1-5(2)4-6-3;1-2(3)4/h5-6H,4H2,1-3H3;1H3,(H,3,4). The highest BCUT2D eigenvalue weighted by atomic mass is 16.4. The number of rotatable bonds is 2. The van der Waals surface area contributed by atoms with Crippen LogP contribution in [0.2, 0.25) is 0 Å². The van der Waals surface area contributed by atoms with E-state index in [-0.39, 0.29) is 0 Å². The molecule has 0 aromatic rings. The first-order chi connectivity index (χ1) is 4.50. The minimum atomic E-state index is -1.08. The second-order valence-electron chi connectivity index (χ2n) is 2.53. The Bertz CT molecular complexity index is 77.7. The molecule has 0 unspecified atom stereocenters. The van der Waals surface area contributed by atoms with E-state index in [1.54, 1.807) is 0 Å². The molecule has 62 valence electrons. The zero-order chi connectivity index (χ0) is 8.57. The smallest absolute Gasteiger partial charge is 0.0776 e. The normalized spacial score (nSPS) is 8.50. The molecule has 3 nitrogen and oxygen atoms in total. The molecule has 2 N–H and O–H groups in total. The average molecular weight is 147 g/mol. The number of hydrogen-bond acceptors (Lipinski definition) is 2. The Morgan fingerprint density at radius 3 is 1.90 bits per heavy atom. The summed E-state index contributed by atoms with van der Waals surface area (Å²) in [5.74, 6) is -0.241. The lowest BCUT2D eigenvalue weighted by Crippen LogP contribution is -2.80. The number of carboxylic acids is 1. The maximum absolute atomic E-state index is 8.89. The maximum Gasteiger partial charge on any atom is 0.0776 e. The first-order valence-electron chi connectivity index (χ1n) is 3.46. The molecule has 0 spiro atoms. The zero-order valence-electron chi connectivity index (χ0n) is 7.18. The molecule has 0 aliphatic rings. The van der Waals surface area contributed by atoms with E-state index in [2.05, 4.69) is 26.2 Å². The van der Waals surface area contributed by atoms with Crippen LogP contribution in [-0.4, -0.2) is 19.6 Å². The molecular weight excluding hydrogens is 130 g/mol. The van der Waals surface area contributed by atoms with Gasteiger partial charge in [-0.05, 0) is 6.92 Å². The lowest BCUT2D eigenvalue weighted by molar-refractivity contribution is -0.632. The fraction of sp³-hybridized carbons (Fsp3) is 0.857. The molecular formula is C7H17NO2. The van der Waals surface area contributed by atoms with E-state index in [1.807, 2.05) is 0 Å². The van der Waals surface area contributed by atoms with E-state index < -0.39 is 5.97 Å². The quantitative estimate of drug-likeness (QED) is 0.522. The molecule has 0 saturated heterocycles. The number of aliphatic carboxylic acids is 1. The highest BCUT2D eigenvalue weighted by Gasteiger charge is 1.88. The van der Waals surface area contributed by atoms with Gasteiger partial charge in [-0.2, -0.15) is 0 Å². The van der Waals surface area contributed by atoms with Gasteiger partial charge < -0.3 is 15.2 Å². The first kappa shape index (κ1) is 12.1. The van der Waals surface area contributed by atoms with Crippen molar-refractivity contribution < 1.29 is 15.2 Å². The predicted octanol–water partition coefficient (Wildman–Crippen LogP) is -1.41. The van der Waals surface area contributed by atoms with E-state index in [9.17, 15) is 0 Å². The Balaban J connectivity index is 0. The Morgan fingerprint density at radius 1 is 1.60 bits per heavy atom. The Hall–Kier alpha value is -0.570. The van der Waals surface area contributed by atoms with Crippen molar-refractivity contribution in [3.05, 3.63) is 0 Å². The minimum Gasteiger partial charge on any atom is -0.550 e. The summed E-state index contributed by atoms with van der Waals surface area (Å²) < 4.78 is 0. The van der Waals surface area contributed by atoms with Crippen LogP contribution in [0.5, 0.6) is 0 Å². The molecule has 0 heterocycles. The monoisotopic (exact) mass is 147 g/mol. The Morgan fingerprint density at radius 2 is 1.90 bits per heavy atom. The van der Waals surface area contributed by atoms with Crippen molar-refractivity contribution >= 4 is 5.97 Å². The summed E-state index contributed by atoms with van der Waals surface area (Å²) in [6.45, 7) is 6.67. The van der Waals surface area contributed by atoms with E-state index >= 15 is 0 Å². The molecule has 3 heteroatoms. The highest BCUT2D eigenvalue weighted by molar-refractivity contribution is 5.60. The third-order valence-electron chi connectivity index (χ3n) is 0.707. The summed E-state index contributed by atoms with van der Waals surface area (Å²) in [7, 11) is 2.10. The molecule has 0 aromatic carbocycles. The van der Waals surface area contributed by atoms with Crippen molar-refractivity contribution in [3.8, 4) is 0 Å². The van der Waals surface area contributed by atoms with Crippen LogP contribution in [0.25, 0.3) is 0 Å². The molecule has 0 aliphatic carbocycles. The molecule has 10 heavy (non-hydrogen) atoms. The maximum atomic E-state index is 8.89. The Labute approximate surface area is 62.4 Å². The number of carbonyl (C=O) groups is 1. The fourth-order valence-electron chi connectivity index (χ4n) is 0.471. The van der Waals surface area contributed by atoms with Gasteiger partial charge in [-0.25, -0.2) is 0 Å². The second kappa shape index (κ2) is 8.43. The molecule has 0 radical (unpaired) electrons. The van der Waals surface area contributed by atoms with E-state index in [0.29, 0.717) is 0 Å². The molecule has 0 amide bonds. The Kier molecular flexibility index (Phi) is 10.2. The van der Waals surface area contributed by atoms with Crippen LogP contribution in [0.3, 0.4) is 0 Å². The molecule has 0 aromatic heterocycles. The van der Waals surface area contributed by atoms with Crippen LogP contribution < -0.4 is 10.4 Å². The lowest BCUT2D eigenvalue weighted by atomic mass is 10.2. The van der Waals surface area contributed by atoms with E-state index in [0.717, 1.165) is 12.8 Å². The van der Waals surface area contributed by atoms with Crippen molar-refractivity contribution in [1.29, 1.82) is 0 Å². The van der Waals surface area contributed by atoms with Crippen molar-refractivity contribution in [3.63, 3.8) is 0 Å². The summed E-state index contributed by atoms with van der Waals surface area (Å²) >= 11 is 0. The van der Waals surface area contributed by atoms with Crippen LogP contribution in [-0.2, 0) is 4.79 Å². The predicted molar refractivity (Wildman–Crippen MR) is 38.2 cm³/mol. The molecule has 0 aliphatic heterocycles. The number of carboxylic acid groups (broad SMARTS) is 1. The fourth-order valence-corrected chi connectivity index (χ4v) is 0.471. The molecule has 0 saturated carbocycles. The molecule has 0 rings (SSSR count). The topological polar surface area (TPSA) is 56.7 Å². The summed E-state index contributed by atoms with van der Waals surface area (Å²) in [6, 6.07) is 0. The first-order valence-corrected chi connectivity index (χ1v) is 3.46. The van der Waals surface area contributed by atoms with Crippen molar-refractivity contribution in [2.24, 2.45) is 5.92 Å². The van der Waals surface area contributed by atoms with Gasteiger partial charge in [0.1, 0.15) is 0 Å². The van der Waals surface area contributed by atoms with Gasteiger partial charge in [0.2, 0.25) is 0 Å². The van der Waals surface area contributed by atoms with Crippen molar-refractivity contribution in [2.45, 2.75) is 20.8 Å². The van der Waals surface area contributed by atoms with Gasteiger partial charge in [0.15, 0.2) is 0 Å². The summed E-state index contributed by atoms with van der Waals surface area (Å²) in [6.07, 6.45) is 0. The third-order valence-corrected chi connectivity index (χ3v) is 0.707. The molecule has 0 bridgehead atoms. The average Bonchev–Trinajstić information content (AvgIpc) is 1.62. The third kappa shape index (κ3) is 52.0. The number of carbonyl (C=O) groups excluding carboxylic acids is 1. The zero-order valence-corrected chi connectivity index (χ0v) is 7.18. The molecule has 0 atom stereocenters. The SMILES string of the molecule is CC(=O)[O-].C[NH2+]CC(C)C. The van der Waals surface area contributed by atoms with Crippen LogP contribution >= 0.6 is 0 Å². The summed E-state index contributed by atoms with van der Waals surface area (Å²) in [4.78, 5) is 8.89. The highest BCUT2D eigenvalue weighted by Crippen LogP contribution is 1.80. The van der Waals surface area contributed by atoms with E-state index in [4.69, 9.17) is 9.90 Å². The lowest BCUT2D eigenvalue weighted by Gasteiger charge is -1.95. The van der Waals surface area contributed by atoms with E-state index in [1.165, 1.54) is 6.54 Å². The van der Waals surface area contributed by atoms with Crippen LogP contribution in [0.15, 0.2) is 0 Å².